The standard InChI is InChI=1S/C13H13BrFNS/c14-11-4-3-10(13(15)8-11)9-16-6-5-12-2-1-7-17-12/h1-4,7-8,16H,5-6,9H2. The van der Waals surface area contributed by atoms with Gasteiger partial charge in [-0.1, -0.05) is 28.1 Å². The molecular formula is C13H13BrFNS. The van der Waals surface area contributed by atoms with Crippen molar-refractivity contribution in [3.8, 4) is 0 Å². The maximum absolute atomic E-state index is 13.5. The molecule has 0 spiro atoms. The Morgan fingerprint density at radius 1 is 1.29 bits per heavy atom. The lowest BCUT2D eigenvalue weighted by molar-refractivity contribution is 0.588. The zero-order chi connectivity index (χ0) is 12.1. The average Bonchev–Trinajstić information content (AvgIpc) is 2.79. The lowest BCUT2D eigenvalue weighted by atomic mass is 10.2. The molecule has 1 nitrogen and oxygen atoms in total. The maximum atomic E-state index is 13.5. The third-order valence-electron chi connectivity index (χ3n) is 2.46. The molecular weight excluding hydrogens is 301 g/mol. The first-order chi connectivity index (χ1) is 8.25. The van der Waals surface area contributed by atoms with Gasteiger partial charge in [0.15, 0.2) is 0 Å². The zero-order valence-electron chi connectivity index (χ0n) is 9.25. The van der Waals surface area contributed by atoms with Crippen LogP contribution in [0, 0.1) is 5.82 Å². The molecule has 1 aromatic heterocycles. The van der Waals surface area contributed by atoms with Crippen molar-refractivity contribution in [2.24, 2.45) is 0 Å². The first-order valence-electron chi connectivity index (χ1n) is 5.43. The fourth-order valence-electron chi connectivity index (χ4n) is 1.55. The van der Waals surface area contributed by atoms with Gasteiger partial charge in [-0.05, 0) is 30.0 Å². The quantitative estimate of drug-likeness (QED) is 0.823. The Hall–Kier alpha value is -0.710. The van der Waals surface area contributed by atoms with E-state index in [0.717, 1.165) is 17.4 Å². The highest BCUT2D eigenvalue weighted by atomic mass is 79.9. The molecule has 0 saturated heterocycles. The highest BCUT2D eigenvalue weighted by Gasteiger charge is 2.02. The van der Waals surface area contributed by atoms with Gasteiger partial charge in [0.25, 0.3) is 0 Å². The Bertz CT molecular complexity index is 470. The second kappa shape index (κ2) is 6.28. The average molecular weight is 314 g/mol. The molecule has 1 aromatic carbocycles. The predicted molar refractivity (Wildman–Crippen MR) is 73.8 cm³/mol. The Morgan fingerprint density at radius 3 is 2.88 bits per heavy atom. The molecule has 0 bridgehead atoms. The van der Waals surface area contributed by atoms with Gasteiger partial charge < -0.3 is 5.32 Å². The number of nitrogens with one attached hydrogen (secondary N) is 1. The summed E-state index contributed by atoms with van der Waals surface area (Å²) >= 11 is 5.00. The van der Waals surface area contributed by atoms with Crippen LogP contribution in [-0.4, -0.2) is 6.54 Å². The van der Waals surface area contributed by atoms with E-state index in [9.17, 15) is 4.39 Å². The molecule has 0 unspecified atom stereocenters. The van der Waals surface area contributed by atoms with Crippen LogP contribution in [0.3, 0.4) is 0 Å². The van der Waals surface area contributed by atoms with Crippen molar-refractivity contribution < 1.29 is 4.39 Å². The molecule has 0 aliphatic carbocycles. The Kier molecular flexibility index (Phi) is 4.71. The molecule has 4 heteroatoms. The highest BCUT2D eigenvalue weighted by Crippen LogP contribution is 2.15. The van der Waals surface area contributed by atoms with Gasteiger partial charge in [-0.15, -0.1) is 11.3 Å². The van der Waals surface area contributed by atoms with E-state index < -0.39 is 0 Å². The molecule has 0 fully saturated rings. The normalized spacial score (nSPS) is 10.7. The van der Waals surface area contributed by atoms with E-state index in [2.05, 4.69) is 32.7 Å². The minimum absolute atomic E-state index is 0.164. The van der Waals surface area contributed by atoms with Crippen LogP contribution in [0.15, 0.2) is 40.2 Å². The van der Waals surface area contributed by atoms with E-state index >= 15 is 0 Å². The number of benzene rings is 1. The fourth-order valence-corrected chi connectivity index (χ4v) is 2.60. The number of halogens is 2. The summed E-state index contributed by atoms with van der Waals surface area (Å²) in [6, 6.07) is 9.33. The Morgan fingerprint density at radius 2 is 2.18 bits per heavy atom. The maximum Gasteiger partial charge on any atom is 0.128 e. The van der Waals surface area contributed by atoms with Crippen molar-refractivity contribution in [3.63, 3.8) is 0 Å². The number of hydrogen-bond donors (Lipinski definition) is 1. The van der Waals surface area contributed by atoms with Crippen molar-refractivity contribution in [3.05, 3.63) is 56.4 Å². The number of rotatable bonds is 5. The van der Waals surface area contributed by atoms with Gasteiger partial charge in [-0.3, -0.25) is 0 Å². The molecule has 0 saturated carbocycles. The van der Waals surface area contributed by atoms with Crippen LogP contribution < -0.4 is 5.32 Å². The van der Waals surface area contributed by atoms with Crippen LogP contribution in [0.1, 0.15) is 10.4 Å². The second-order valence-corrected chi connectivity index (χ2v) is 5.69. The first kappa shape index (κ1) is 12.7. The molecule has 0 atom stereocenters. The first-order valence-corrected chi connectivity index (χ1v) is 7.10. The van der Waals surface area contributed by atoms with Gasteiger partial charge >= 0.3 is 0 Å². The largest absolute Gasteiger partial charge is 0.312 e. The predicted octanol–water partition coefficient (Wildman–Crippen LogP) is 3.98. The van der Waals surface area contributed by atoms with E-state index in [1.165, 1.54) is 10.9 Å². The van der Waals surface area contributed by atoms with E-state index in [4.69, 9.17) is 0 Å². The van der Waals surface area contributed by atoms with Gasteiger partial charge in [0.1, 0.15) is 5.82 Å². The molecule has 0 aliphatic rings. The Labute approximate surface area is 113 Å². The lowest BCUT2D eigenvalue weighted by Gasteiger charge is -2.05. The van der Waals surface area contributed by atoms with Gasteiger partial charge in [-0.2, -0.15) is 0 Å². The minimum atomic E-state index is -0.164. The van der Waals surface area contributed by atoms with Crippen molar-refractivity contribution >= 4 is 27.3 Å². The van der Waals surface area contributed by atoms with E-state index in [-0.39, 0.29) is 5.82 Å². The molecule has 2 rings (SSSR count). The van der Waals surface area contributed by atoms with Gasteiger partial charge in [0.2, 0.25) is 0 Å². The molecule has 2 aromatic rings. The van der Waals surface area contributed by atoms with E-state index in [1.807, 2.05) is 12.1 Å². The van der Waals surface area contributed by atoms with Gasteiger partial charge in [0.05, 0.1) is 0 Å². The van der Waals surface area contributed by atoms with Crippen LogP contribution in [0.5, 0.6) is 0 Å². The summed E-state index contributed by atoms with van der Waals surface area (Å²) in [7, 11) is 0. The summed E-state index contributed by atoms with van der Waals surface area (Å²) in [6.45, 7) is 1.44. The summed E-state index contributed by atoms with van der Waals surface area (Å²) in [4.78, 5) is 1.36. The summed E-state index contributed by atoms with van der Waals surface area (Å²) in [5, 5.41) is 5.32. The third kappa shape index (κ3) is 3.91. The van der Waals surface area contributed by atoms with Crippen molar-refractivity contribution in [1.29, 1.82) is 0 Å². The molecule has 90 valence electrons. The summed E-state index contributed by atoms with van der Waals surface area (Å²) in [6.07, 6.45) is 0.996. The van der Waals surface area contributed by atoms with Crippen molar-refractivity contribution in [2.45, 2.75) is 13.0 Å². The summed E-state index contributed by atoms with van der Waals surface area (Å²) < 4.78 is 14.3. The van der Waals surface area contributed by atoms with E-state index in [0.29, 0.717) is 12.1 Å². The third-order valence-corrected chi connectivity index (χ3v) is 3.89. The van der Waals surface area contributed by atoms with Crippen molar-refractivity contribution in [2.75, 3.05) is 6.54 Å². The van der Waals surface area contributed by atoms with Gasteiger partial charge in [-0.25, -0.2) is 4.39 Å². The van der Waals surface area contributed by atoms with Crippen LogP contribution in [0.2, 0.25) is 0 Å². The molecule has 1 N–H and O–H groups in total. The molecule has 1 heterocycles. The lowest BCUT2D eigenvalue weighted by Crippen LogP contribution is -2.17. The minimum Gasteiger partial charge on any atom is -0.312 e. The van der Waals surface area contributed by atoms with Crippen LogP contribution in [-0.2, 0) is 13.0 Å². The Balaban J connectivity index is 1.78. The smallest absolute Gasteiger partial charge is 0.128 e. The SMILES string of the molecule is Fc1cc(Br)ccc1CNCCc1cccs1. The molecule has 17 heavy (non-hydrogen) atoms. The van der Waals surface area contributed by atoms with Crippen LogP contribution >= 0.6 is 27.3 Å². The molecule has 0 aliphatic heterocycles. The van der Waals surface area contributed by atoms with Crippen LogP contribution in [0.25, 0.3) is 0 Å². The van der Waals surface area contributed by atoms with E-state index in [1.54, 1.807) is 17.4 Å². The monoisotopic (exact) mass is 313 g/mol. The summed E-state index contributed by atoms with van der Waals surface area (Å²) in [5.74, 6) is -0.164. The topological polar surface area (TPSA) is 12.0 Å². The number of hydrogen-bond acceptors (Lipinski definition) is 2. The fraction of sp³-hybridized carbons (Fsp3) is 0.231. The molecule has 0 radical (unpaired) electrons. The zero-order valence-corrected chi connectivity index (χ0v) is 11.7. The number of thiophene rings is 1. The molecule has 0 amide bonds. The summed E-state index contributed by atoms with van der Waals surface area (Å²) in [5.41, 5.74) is 0.708. The van der Waals surface area contributed by atoms with Crippen molar-refractivity contribution in [1.82, 2.24) is 5.32 Å². The van der Waals surface area contributed by atoms with Crippen LogP contribution in [0.4, 0.5) is 4.39 Å². The second-order valence-electron chi connectivity index (χ2n) is 3.74. The van der Waals surface area contributed by atoms with Gasteiger partial charge in [0, 0.05) is 28.0 Å². The highest BCUT2D eigenvalue weighted by molar-refractivity contribution is 9.10.